The molecular formula is C24H21F2NO3. The number of carbonyl (C=O) groups excluding carboxylic acids is 1. The van der Waals surface area contributed by atoms with Gasteiger partial charge in [0, 0.05) is 5.69 Å². The Labute approximate surface area is 173 Å². The predicted octanol–water partition coefficient (Wildman–Crippen LogP) is 4.89. The third-order valence-corrected chi connectivity index (χ3v) is 5.56. The number of hydrogen-bond acceptors (Lipinski definition) is 3. The molecule has 1 amide bonds. The second-order valence-electron chi connectivity index (χ2n) is 7.47. The van der Waals surface area contributed by atoms with Crippen LogP contribution in [0.2, 0.25) is 0 Å². The molecule has 0 spiro atoms. The van der Waals surface area contributed by atoms with Gasteiger partial charge in [-0.05, 0) is 72.5 Å². The first kappa shape index (κ1) is 20.0. The number of phenols is 1. The van der Waals surface area contributed by atoms with Crippen LogP contribution in [0, 0.1) is 17.6 Å². The smallest absolute Gasteiger partial charge is 0.233 e. The fourth-order valence-corrected chi connectivity index (χ4v) is 3.96. The number of aliphatic hydroxyl groups excluding tert-OH is 1. The van der Waals surface area contributed by atoms with Crippen molar-refractivity contribution < 1.29 is 23.8 Å². The van der Waals surface area contributed by atoms with Crippen LogP contribution in [0.15, 0.2) is 72.8 Å². The number of hydrogen-bond donors (Lipinski definition) is 2. The maximum Gasteiger partial charge on any atom is 0.233 e. The van der Waals surface area contributed by atoms with Gasteiger partial charge >= 0.3 is 0 Å². The van der Waals surface area contributed by atoms with Gasteiger partial charge in [-0.25, -0.2) is 8.78 Å². The molecule has 0 aromatic heterocycles. The molecule has 3 aromatic rings. The van der Waals surface area contributed by atoms with Gasteiger partial charge in [0.25, 0.3) is 0 Å². The van der Waals surface area contributed by atoms with Crippen molar-refractivity contribution in [2.45, 2.75) is 25.0 Å². The second-order valence-corrected chi connectivity index (χ2v) is 7.47. The summed E-state index contributed by atoms with van der Waals surface area (Å²) in [4.78, 5) is 14.6. The molecule has 3 aromatic carbocycles. The van der Waals surface area contributed by atoms with Crippen molar-refractivity contribution in [3.05, 3.63) is 95.6 Å². The first-order chi connectivity index (χ1) is 14.4. The second kappa shape index (κ2) is 8.24. The minimum Gasteiger partial charge on any atom is -0.508 e. The van der Waals surface area contributed by atoms with Gasteiger partial charge in [-0.1, -0.05) is 24.3 Å². The van der Waals surface area contributed by atoms with E-state index in [-0.39, 0.29) is 35.3 Å². The van der Waals surface area contributed by atoms with Gasteiger partial charge in [-0.15, -0.1) is 0 Å². The molecular weight excluding hydrogens is 400 g/mol. The lowest BCUT2D eigenvalue weighted by Gasteiger charge is -2.48. The van der Waals surface area contributed by atoms with Crippen LogP contribution in [0.4, 0.5) is 14.5 Å². The number of amides is 1. The summed E-state index contributed by atoms with van der Waals surface area (Å²) < 4.78 is 26.4. The van der Waals surface area contributed by atoms with Crippen molar-refractivity contribution in [3.63, 3.8) is 0 Å². The Hall–Kier alpha value is -3.25. The highest BCUT2D eigenvalue weighted by molar-refractivity contribution is 6.03. The average Bonchev–Trinajstić information content (AvgIpc) is 2.74. The van der Waals surface area contributed by atoms with E-state index in [9.17, 15) is 23.8 Å². The Morgan fingerprint density at radius 1 is 0.967 bits per heavy atom. The van der Waals surface area contributed by atoms with Crippen molar-refractivity contribution in [1.82, 2.24) is 0 Å². The zero-order valence-corrected chi connectivity index (χ0v) is 16.1. The summed E-state index contributed by atoms with van der Waals surface area (Å²) in [7, 11) is 0. The number of anilines is 1. The van der Waals surface area contributed by atoms with Crippen LogP contribution in [0.25, 0.3) is 0 Å². The molecule has 2 N–H and O–H groups in total. The Bertz CT molecular complexity index is 1020. The molecule has 0 saturated carbocycles. The molecule has 3 atom stereocenters. The molecule has 1 aliphatic rings. The van der Waals surface area contributed by atoms with E-state index in [2.05, 4.69) is 0 Å². The van der Waals surface area contributed by atoms with Gasteiger partial charge in [0.1, 0.15) is 17.4 Å². The number of nitrogens with zero attached hydrogens (tertiary/aromatic N) is 1. The average molecular weight is 421 g/mol. The van der Waals surface area contributed by atoms with Crippen molar-refractivity contribution in [2.75, 3.05) is 4.90 Å². The Morgan fingerprint density at radius 3 is 2.13 bits per heavy atom. The molecule has 1 heterocycles. The first-order valence-electron chi connectivity index (χ1n) is 9.75. The molecule has 6 heteroatoms. The lowest BCUT2D eigenvalue weighted by molar-refractivity contribution is -0.131. The zero-order valence-electron chi connectivity index (χ0n) is 16.1. The summed E-state index contributed by atoms with van der Waals surface area (Å²) in [5.41, 5.74) is 2.03. The van der Waals surface area contributed by atoms with Gasteiger partial charge in [0.15, 0.2) is 0 Å². The maximum atomic E-state index is 13.3. The Balaban J connectivity index is 1.55. The summed E-state index contributed by atoms with van der Waals surface area (Å²) in [6, 6.07) is 17.7. The minimum absolute atomic E-state index is 0.106. The summed E-state index contributed by atoms with van der Waals surface area (Å²) in [6.45, 7) is 0. The van der Waals surface area contributed by atoms with Crippen LogP contribution >= 0.6 is 0 Å². The molecule has 4 nitrogen and oxygen atoms in total. The van der Waals surface area contributed by atoms with Crippen molar-refractivity contribution in [3.8, 4) is 5.75 Å². The van der Waals surface area contributed by atoms with E-state index in [0.717, 1.165) is 5.56 Å². The molecule has 1 saturated heterocycles. The normalized spacial score (nSPS) is 19.4. The number of β-lactam (4-membered cyclic amide) rings is 1. The third-order valence-electron chi connectivity index (χ3n) is 5.56. The van der Waals surface area contributed by atoms with Crippen LogP contribution in [0.5, 0.6) is 5.75 Å². The van der Waals surface area contributed by atoms with Crippen molar-refractivity contribution in [1.29, 1.82) is 0 Å². The largest absolute Gasteiger partial charge is 0.508 e. The monoisotopic (exact) mass is 421 g/mol. The molecule has 0 radical (unpaired) electrons. The number of benzene rings is 3. The SMILES string of the molecule is O=C1[C@H](CC[C@H](O)c2ccc(F)cc2)[C@@H]([14c]2[14cH][14cH][14c](O)[14cH][14cH]2)N1c1ccc(F)cc1. The highest BCUT2D eigenvalue weighted by atomic mass is 19.1. The quantitative estimate of drug-likeness (QED) is 0.558. The van der Waals surface area contributed by atoms with Crippen LogP contribution in [0.3, 0.4) is 0 Å². The third kappa shape index (κ3) is 3.91. The van der Waals surface area contributed by atoms with E-state index in [1.807, 2.05) is 0 Å². The summed E-state index contributed by atoms with van der Waals surface area (Å²) in [6.07, 6.45) is -0.0344. The number of aromatic hydroxyl groups is 1. The highest BCUT2D eigenvalue weighted by Gasteiger charge is 2.48. The lowest BCUT2D eigenvalue weighted by Crippen LogP contribution is -2.55. The van der Waals surface area contributed by atoms with E-state index >= 15 is 0 Å². The van der Waals surface area contributed by atoms with E-state index in [1.54, 1.807) is 41.3 Å². The predicted molar refractivity (Wildman–Crippen MR) is 109 cm³/mol. The van der Waals surface area contributed by atoms with Gasteiger partial charge in [0.05, 0.1) is 18.1 Å². The highest BCUT2D eigenvalue weighted by Crippen LogP contribution is 2.46. The molecule has 30 heavy (non-hydrogen) atoms. The first-order valence-corrected chi connectivity index (χ1v) is 9.75. The van der Waals surface area contributed by atoms with E-state index in [1.165, 1.54) is 36.4 Å². The molecule has 4 rings (SSSR count). The van der Waals surface area contributed by atoms with Crippen LogP contribution < -0.4 is 4.90 Å². The van der Waals surface area contributed by atoms with Crippen molar-refractivity contribution >= 4 is 11.6 Å². The van der Waals surface area contributed by atoms with E-state index in [4.69, 9.17) is 0 Å². The minimum atomic E-state index is -0.807. The van der Waals surface area contributed by atoms with Crippen LogP contribution in [-0.4, -0.2) is 16.1 Å². The fraction of sp³-hybridized carbons (Fsp3) is 0.208. The van der Waals surface area contributed by atoms with E-state index < -0.39 is 6.10 Å². The van der Waals surface area contributed by atoms with Crippen LogP contribution in [-0.2, 0) is 4.79 Å². The van der Waals surface area contributed by atoms with Gasteiger partial charge in [-0.2, -0.15) is 0 Å². The molecule has 0 unspecified atom stereocenters. The molecule has 0 aliphatic carbocycles. The zero-order chi connectivity index (χ0) is 21.3. The van der Waals surface area contributed by atoms with Gasteiger partial charge in [0.2, 0.25) is 5.91 Å². The summed E-state index contributed by atoms with van der Waals surface area (Å²) in [5, 5.41) is 20.1. The van der Waals surface area contributed by atoms with Gasteiger partial charge in [-0.3, -0.25) is 4.79 Å². The summed E-state index contributed by atoms with van der Waals surface area (Å²) in [5.74, 6) is -1.10. The summed E-state index contributed by atoms with van der Waals surface area (Å²) >= 11 is 0. The molecule has 1 aliphatic heterocycles. The van der Waals surface area contributed by atoms with Crippen LogP contribution in [0.1, 0.15) is 36.1 Å². The Morgan fingerprint density at radius 2 is 1.53 bits per heavy atom. The standard InChI is InChI=1S/C24H21F2NO3/c25-17-5-1-15(2-6-17)22(29)14-13-21-23(16-3-11-20(28)12-4-16)27(24(21)30)19-9-7-18(26)8-10-19/h1-12,21-23,28-29H,13-14H2/t21-,22+,23-/m1/s1/i3+2,4+2,11+2,12+2,16+2,20+2. The Kier molecular flexibility index (Phi) is 5.50. The molecule has 1 fully saturated rings. The lowest BCUT2D eigenvalue weighted by atomic mass is 9.86. The number of aliphatic hydroxyl groups is 1. The topological polar surface area (TPSA) is 60.8 Å². The van der Waals surface area contributed by atoms with Crippen molar-refractivity contribution in [2.24, 2.45) is 5.92 Å². The number of rotatable bonds is 6. The maximum absolute atomic E-state index is 13.3. The number of carbonyl (C=O) groups is 1. The molecule has 154 valence electrons. The fourth-order valence-electron chi connectivity index (χ4n) is 3.96. The van der Waals surface area contributed by atoms with Gasteiger partial charge < -0.3 is 15.1 Å². The van der Waals surface area contributed by atoms with E-state index in [0.29, 0.717) is 24.1 Å². The number of phenolic OH excluding ortho intramolecular Hbond substituents is 1. The number of halogens is 2. The molecule has 0 bridgehead atoms.